The molecule has 0 aliphatic carbocycles. The molecule has 0 atom stereocenters. The van der Waals surface area contributed by atoms with Crippen LogP contribution in [0, 0.1) is 11.3 Å². The average molecular weight is 403 g/mol. The summed E-state index contributed by atoms with van der Waals surface area (Å²) in [6.07, 6.45) is 4.97. The van der Waals surface area contributed by atoms with Crippen LogP contribution in [-0.2, 0) is 4.79 Å². The molecule has 3 heterocycles. The first-order valence-electron chi connectivity index (χ1n) is 8.26. The van der Waals surface area contributed by atoms with Crippen LogP contribution in [0.5, 0.6) is 0 Å². The van der Waals surface area contributed by atoms with Crippen molar-refractivity contribution in [3.63, 3.8) is 0 Å². The molecule has 4 aromatic rings. The van der Waals surface area contributed by atoms with Crippen LogP contribution in [0.2, 0.25) is 0 Å². The van der Waals surface area contributed by atoms with Crippen molar-refractivity contribution in [1.82, 2.24) is 14.8 Å². The first-order valence-corrected chi connectivity index (χ1v) is 10.0. The molecule has 1 aromatic carbocycles. The molecular formula is C20H13N5OS2. The molecular weight excluding hydrogens is 390 g/mol. The number of para-hydroxylation sites is 1. The van der Waals surface area contributed by atoms with E-state index in [2.05, 4.69) is 15.4 Å². The zero-order chi connectivity index (χ0) is 19.3. The van der Waals surface area contributed by atoms with Gasteiger partial charge in [0.15, 0.2) is 5.13 Å². The van der Waals surface area contributed by atoms with E-state index < -0.39 is 5.91 Å². The normalized spacial score (nSPS) is 11.2. The van der Waals surface area contributed by atoms with Gasteiger partial charge in [0, 0.05) is 23.3 Å². The molecule has 1 N–H and O–H groups in total. The van der Waals surface area contributed by atoms with E-state index in [-0.39, 0.29) is 5.57 Å². The summed E-state index contributed by atoms with van der Waals surface area (Å²) >= 11 is 2.84. The zero-order valence-electron chi connectivity index (χ0n) is 14.4. The Labute approximate surface area is 169 Å². The van der Waals surface area contributed by atoms with E-state index in [1.54, 1.807) is 33.7 Å². The molecule has 0 saturated heterocycles. The molecule has 6 nitrogen and oxygen atoms in total. The van der Waals surface area contributed by atoms with Gasteiger partial charge in [0.05, 0.1) is 10.6 Å². The maximum absolute atomic E-state index is 12.5. The van der Waals surface area contributed by atoms with Gasteiger partial charge in [-0.05, 0) is 29.7 Å². The summed E-state index contributed by atoms with van der Waals surface area (Å²) in [5, 5.41) is 21.0. The lowest BCUT2D eigenvalue weighted by Crippen LogP contribution is -2.13. The number of nitrogens with one attached hydrogen (secondary N) is 1. The lowest BCUT2D eigenvalue weighted by atomic mass is 10.1. The second-order valence-corrected chi connectivity index (χ2v) is 7.49. The number of carbonyl (C=O) groups is 1. The molecule has 0 unspecified atom stereocenters. The largest absolute Gasteiger partial charge is 0.297 e. The average Bonchev–Trinajstić information content (AvgIpc) is 3.48. The highest BCUT2D eigenvalue weighted by Gasteiger charge is 2.16. The van der Waals surface area contributed by atoms with Crippen molar-refractivity contribution in [2.45, 2.75) is 0 Å². The lowest BCUT2D eigenvalue weighted by Gasteiger charge is -2.00. The smallest absolute Gasteiger partial charge is 0.268 e. The molecule has 28 heavy (non-hydrogen) atoms. The predicted octanol–water partition coefficient (Wildman–Crippen LogP) is 4.60. The molecule has 0 saturated carbocycles. The number of thiazole rings is 1. The Hall–Kier alpha value is -3.54. The quantitative estimate of drug-likeness (QED) is 0.390. The summed E-state index contributed by atoms with van der Waals surface area (Å²) in [5.74, 6) is -0.498. The predicted molar refractivity (Wildman–Crippen MR) is 111 cm³/mol. The molecule has 0 aliphatic rings. The molecule has 1 amide bonds. The van der Waals surface area contributed by atoms with E-state index in [1.165, 1.54) is 11.3 Å². The molecule has 8 heteroatoms. The number of carbonyl (C=O) groups excluding carboxylic acids is 1. The van der Waals surface area contributed by atoms with Crippen LogP contribution in [0.3, 0.4) is 0 Å². The summed E-state index contributed by atoms with van der Waals surface area (Å²) in [5.41, 5.74) is 2.29. The number of anilines is 1. The minimum Gasteiger partial charge on any atom is -0.297 e. The van der Waals surface area contributed by atoms with Crippen LogP contribution in [0.25, 0.3) is 22.3 Å². The Bertz CT molecular complexity index is 1150. The summed E-state index contributed by atoms with van der Waals surface area (Å²) in [4.78, 5) is 17.4. The van der Waals surface area contributed by atoms with Crippen LogP contribution in [-0.4, -0.2) is 20.7 Å². The van der Waals surface area contributed by atoms with Crippen molar-refractivity contribution in [1.29, 1.82) is 5.26 Å². The zero-order valence-corrected chi connectivity index (χ0v) is 16.1. The Kier molecular flexibility index (Phi) is 5.10. The fourth-order valence-corrected chi connectivity index (χ4v) is 3.82. The fourth-order valence-electron chi connectivity index (χ4n) is 2.56. The van der Waals surface area contributed by atoms with Gasteiger partial charge in [0.2, 0.25) is 0 Å². The van der Waals surface area contributed by atoms with Gasteiger partial charge in [0.25, 0.3) is 5.91 Å². The highest BCUT2D eigenvalue weighted by atomic mass is 32.1. The van der Waals surface area contributed by atoms with Gasteiger partial charge in [-0.2, -0.15) is 10.4 Å². The van der Waals surface area contributed by atoms with E-state index in [1.807, 2.05) is 60.1 Å². The van der Waals surface area contributed by atoms with Crippen molar-refractivity contribution in [2.24, 2.45) is 0 Å². The minimum absolute atomic E-state index is 0.0133. The van der Waals surface area contributed by atoms with Crippen LogP contribution in [0.4, 0.5) is 5.13 Å². The van der Waals surface area contributed by atoms with E-state index in [0.29, 0.717) is 16.4 Å². The molecule has 136 valence electrons. The third kappa shape index (κ3) is 3.76. The maximum Gasteiger partial charge on any atom is 0.268 e. The number of hydrogen-bond acceptors (Lipinski definition) is 6. The van der Waals surface area contributed by atoms with Gasteiger partial charge in [-0.15, -0.1) is 22.7 Å². The first kappa shape index (κ1) is 17.9. The van der Waals surface area contributed by atoms with Gasteiger partial charge in [0.1, 0.15) is 17.3 Å². The number of hydrogen-bond donors (Lipinski definition) is 1. The summed E-state index contributed by atoms with van der Waals surface area (Å²) in [7, 11) is 0. The SMILES string of the molecule is N#C/C(=C\c1cn(-c2ccccc2)nc1-c1cccs1)C(=O)Nc1nccs1. The Balaban J connectivity index is 1.74. The Morgan fingerprint density at radius 1 is 1.14 bits per heavy atom. The van der Waals surface area contributed by atoms with Crippen molar-refractivity contribution < 1.29 is 4.79 Å². The summed E-state index contributed by atoms with van der Waals surface area (Å²) < 4.78 is 1.74. The Morgan fingerprint density at radius 2 is 2.00 bits per heavy atom. The van der Waals surface area contributed by atoms with Crippen LogP contribution >= 0.6 is 22.7 Å². The highest BCUT2D eigenvalue weighted by molar-refractivity contribution is 7.14. The first-order chi connectivity index (χ1) is 13.7. The van der Waals surface area contributed by atoms with Gasteiger partial charge in [-0.3, -0.25) is 10.1 Å². The maximum atomic E-state index is 12.5. The number of aromatic nitrogens is 3. The van der Waals surface area contributed by atoms with Gasteiger partial charge < -0.3 is 0 Å². The number of thiophene rings is 1. The van der Waals surface area contributed by atoms with E-state index >= 15 is 0 Å². The molecule has 0 bridgehead atoms. The Morgan fingerprint density at radius 3 is 2.68 bits per heavy atom. The van der Waals surface area contributed by atoms with Crippen molar-refractivity contribution in [2.75, 3.05) is 5.32 Å². The minimum atomic E-state index is -0.498. The number of nitriles is 1. The third-order valence-corrected chi connectivity index (χ3v) is 5.40. The second-order valence-electron chi connectivity index (χ2n) is 5.65. The van der Waals surface area contributed by atoms with Crippen LogP contribution in [0.15, 0.2) is 71.2 Å². The third-order valence-electron chi connectivity index (χ3n) is 3.84. The van der Waals surface area contributed by atoms with Gasteiger partial charge in [-0.25, -0.2) is 9.67 Å². The van der Waals surface area contributed by atoms with Gasteiger partial charge >= 0.3 is 0 Å². The molecule has 0 radical (unpaired) electrons. The van der Waals surface area contributed by atoms with Crippen molar-refractivity contribution >= 4 is 39.8 Å². The number of amides is 1. The van der Waals surface area contributed by atoms with Crippen LogP contribution in [0.1, 0.15) is 5.56 Å². The fraction of sp³-hybridized carbons (Fsp3) is 0. The second kappa shape index (κ2) is 8.00. The lowest BCUT2D eigenvalue weighted by molar-refractivity contribution is -0.112. The van der Waals surface area contributed by atoms with Crippen molar-refractivity contribution in [3.05, 3.63) is 76.8 Å². The van der Waals surface area contributed by atoms with E-state index in [9.17, 15) is 10.1 Å². The number of benzene rings is 1. The van der Waals surface area contributed by atoms with Crippen LogP contribution < -0.4 is 5.32 Å². The molecule has 4 rings (SSSR count). The monoisotopic (exact) mass is 403 g/mol. The standard InChI is InChI=1S/C20H13N5OS2/c21-12-14(19(26)23-20-22-8-10-28-20)11-15-13-25(16-5-2-1-3-6-16)24-18(15)17-7-4-9-27-17/h1-11,13H,(H,22,23,26)/b14-11+. The summed E-state index contributed by atoms with van der Waals surface area (Å²) in [6, 6.07) is 15.6. The number of rotatable bonds is 5. The van der Waals surface area contributed by atoms with Gasteiger partial charge in [-0.1, -0.05) is 24.3 Å². The molecule has 0 spiro atoms. The molecule has 0 fully saturated rings. The topological polar surface area (TPSA) is 83.6 Å². The number of nitrogens with zero attached hydrogens (tertiary/aromatic N) is 4. The van der Waals surface area contributed by atoms with E-state index in [0.717, 1.165) is 10.6 Å². The highest BCUT2D eigenvalue weighted by Crippen LogP contribution is 2.29. The summed E-state index contributed by atoms with van der Waals surface area (Å²) in [6.45, 7) is 0. The molecule has 0 aliphatic heterocycles. The van der Waals surface area contributed by atoms with E-state index in [4.69, 9.17) is 0 Å². The molecule has 3 aromatic heterocycles. The van der Waals surface area contributed by atoms with Crippen molar-refractivity contribution in [3.8, 4) is 22.3 Å².